The van der Waals surface area contributed by atoms with Gasteiger partial charge in [-0.2, -0.15) is 0 Å². The molecule has 4 nitrogen and oxygen atoms in total. The normalized spacial score (nSPS) is 19.6. The Balaban J connectivity index is 2.29. The number of nitrogens with zero attached hydrogens (tertiary/aromatic N) is 1. The van der Waals surface area contributed by atoms with Crippen LogP contribution in [0.2, 0.25) is 5.02 Å². The Labute approximate surface area is 106 Å². The Kier molecular flexibility index (Phi) is 3.54. The second kappa shape index (κ2) is 4.94. The summed E-state index contributed by atoms with van der Waals surface area (Å²) in [5.41, 5.74) is 1.77. The van der Waals surface area contributed by atoms with Crippen LogP contribution in [0.4, 0.5) is 10.5 Å². The molecular formula is C12H15ClN2O2. The number of benzene rings is 1. The molecule has 0 saturated carbocycles. The zero-order chi connectivity index (χ0) is 12.4. The van der Waals surface area contributed by atoms with Gasteiger partial charge in [-0.1, -0.05) is 17.7 Å². The molecule has 5 heteroatoms. The van der Waals surface area contributed by atoms with Crippen molar-refractivity contribution in [2.24, 2.45) is 0 Å². The van der Waals surface area contributed by atoms with Crippen LogP contribution < -0.4 is 10.2 Å². The third-order valence-corrected chi connectivity index (χ3v) is 3.24. The number of aryl methyl sites for hydroxylation is 1. The van der Waals surface area contributed by atoms with Crippen LogP contribution in [0.3, 0.4) is 0 Å². The highest BCUT2D eigenvalue weighted by Crippen LogP contribution is 2.27. The number of halogens is 1. The number of carbonyl (C=O) groups excluding carboxylic acids is 1. The first-order valence-corrected chi connectivity index (χ1v) is 5.88. The average molecular weight is 255 g/mol. The molecule has 0 aliphatic carbocycles. The predicted molar refractivity (Wildman–Crippen MR) is 67.7 cm³/mol. The predicted octanol–water partition coefficient (Wildman–Crippen LogP) is 2.19. The minimum absolute atomic E-state index is 0.0197. The van der Waals surface area contributed by atoms with E-state index in [0.717, 1.165) is 11.3 Å². The van der Waals surface area contributed by atoms with Crippen molar-refractivity contribution in [2.45, 2.75) is 13.0 Å². The van der Waals surface area contributed by atoms with Gasteiger partial charge in [-0.05, 0) is 31.7 Å². The maximum absolute atomic E-state index is 11.7. The lowest BCUT2D eigenvalue weighted by molar-refractivity contribution is 0.178. The van der Waals surface area contributed by atoms with E-state index in [9.17, 15) is 4.79 Å². The van der Waals surface area contributed by atoms with Crippen LogP contribution >= 0.6 is 11.6 Å². The van der Waals surface area contributed by atoms with Gasteiger partial charge in [-0.25, -0.2) is 4.79 Å². The first kappa shape index (κ1) is 12.2. The van der Waals surface area contributed by atoms with Gasteiger partial charge in [-0.15, -0.1) is 0 Å². The molecule has 1 aliphatic heterocycles. The van der Waals surface area contributed by atoms with Crippen molar-refractivity contribution in [2.75, 3.05) is 25.1 Å². The molecule has 0 aromatic heterocycles. The molecule has 17 heavy (non-hydrogen) atoms. The van der Waals surface area contributed by atoms with E-state index in [1.54, 1.807) is 11.0 Å². The second-order valence-corrected chi connectivity index (χ2v) is 4.50. The minimum atomic E-state index is -0.315. The molecule has 92 valence electrons. The standard InChI is InChI=1S/C12H15ClN2O2/c1-8-3-4-9(5-11(8)13)15-10(6-14-2)7-17-12(15)16/h3-5,10,14H,6-7H2,1-2H3. The van der Waals surface area contributed by atoms with Gasteiger partial charge in [0.25, 0.3) is 0 Å². The van der Waals surface area contributed by atoms with Crippen LogP contribution in [0.1, 0.15) is 5.56 Å². The molecule has 1 aromatic carbocycles. The zero-order valence-corrected chi connectivity index (χ0v) is 10.6. The minimum Gasteiger partial charge on any atom is -0.447 e. The van der Waals surface area contributed by atoms with Crippen molar-refractivity contribution in [3.05, 3.63) is 28.8 Å². The lowest BCUT2D eigenvalue weighted by Gasteiger charge is -2.21. The fraction of sp³-hybridized carbons (Fsp3) is 0.417. The van der Waals surface area contributed by atoms with E-state index in [1.807, 2.05) is 26.1 Å². The van der Waals surface area contributed by atoms with Crippen molar-refractivity contribution in [1.82, 2.24) is 5.32 Å². The molecule has 1 N–H and O–H groups in total. The van der Waals surface area contributed by atoms with Crippen LogP contribution in [-0.4, -0.2) is 32.3 Å². The Morgan fingerprint density at radius 2 is 2.35 bits per heavy atom. The Bertz CT molecular complexity index is 437. The summed E-state index contributed by atoms with van der Waals surface area (Å²) in [7, 11) is 1.85. The summed E-state index contributed by atoms with van der Waals surface area (Å²) in [4.78, 5) is 13.3. The van der Waals surface area contributed by atoms with Crippen molar-refractivity contribution < 1.29 is 9.53 Å². The summed E-state index contributed by atoms with van der Waals surface area (Å²) >= 11 is 6.07. The van der Waals surface area contributed by atoms with Gasteiger partial charge >= 0.3 is 6.09 Å². The largest absolute Gasteiger partial charge is 0.447 e. The summed E-state index contributed by atoms with van der Waals surface area (Å²) in [6.07, 6.45) is -0.315. The van der Waals surface area contributed by atoms with E-state index in [1.165, 1.54) is 0 Å². The van der Waals surface area contributed by atoms with Gasteiger partial charge in [0.1, 0.15) is 6.61 Å². The van der Waals surface area contributed by atoms with Crippen molar-refractivity contribution in [3.8, 4) is 0 Å². The summed E-state index contributed by atoms with van der Waals surface area (Å²) in [5, 5.41) is 3.71. The molecule has 2 rings (SSSR count). The number of cyclic esters (lactones) is 1. The molecule has 1 atom stereocenters. The van der Waals surface area contributed by atoms with Crippen LogP contribution in [0.5, 0.6) is 0 Å². The molecule has 1 aromatic rings. The molecule has 1 unspecified atom stereocenters. The first-order chi connectivity index (χ1) is 8.13. The molecule has 1 heterocycles. The molecular weight excluding hydrogens is 240 g/mol. The Morgan fingerprint density at radius 3 is 3.00 bits per heavy atom. The van der Waals surface area contributed by atoms with E-state index in [-0.39, 0.29) is 12.1 Å². The SMILES string of the molecule is CNCC1COC(=O)N1c1ccc(C)c(Cl)c1. The lowest BCUT2D eigenvalue weighted by Crippen LogP contribution is -2.40. The molecule has 0 radical (unpaired) electrons. The third kappa shape index (κ3) is 2.37. The van der Waals surface area contributed by atoms with Crippen molar-refractivity contribution in [3.63, 3.8) is 0 Å². The van der Waals surface area contributed by atoms with E-state index in [4.69, 9.17) is 16.3 Å². The molecule has 1 amide bonds. The highest BCUT2D eigenvalue weighted by molar-refractivity contribution is 6.31. The quantitative estimate of drug-likeness (QED) is 0.899. The molecule has 0 spiro atoms. The number of ether oxygens (including phenoxy) is 1. The number of anilines is 1. The number of amides is 1. The zero-order valence-electron chi connectivity index (χ0n) is 9.87. The van der Waals surface area contributed by atoms with Crippen molar-refractivity contribution >= 4 is 23.4 Å². The Morgan fingerprint density at radius 1 is 1.59 bits per heavy atom. The van der Waals surface area contributed by atoms with Gasteiger partial charge in [0.2, 0.25) is 0 Å². The van der Waals surface area contributed by atoms with E-state index in [0.29, 0.717) is 18.2 Å². The fourth-order valence-electron chi connectivity index (χ4n) is 1.89. The highest BCUT2D eigenvalue weighted by atomic mass is 35.5. The van der Waals surface area contributed by atoms with Crippen LogP contribution in [0, 0.1) is 6.92 Å². The molecule has 1 fully saturated rings. The van der Waals surface area contributed by atoms with Crippen LogP contribution in [-0.2, 0) is 4.74 Å². The van der Waals surface area contributed by atoms with Gasteiger partial charge in [-0.3, -0.25) is 4.90 Å². The number of carbonyl (C=O) groups is 1. The number of hydrogen-bond acceptors (Lipinski definition) is 3. The maximum Gasteiger partial charge on any atom is 0.414 e. The number of rotatable bonds is 3. The first-order valence-electron chi connectivity index (χ1n) is 5.50. The topological polar surface area (TPSA) is 41.6 Å². The van der Waals surface area contributed by atoms with Crippen molar-refractivity contribution in [1.29, 1.82) is 0 Å². The summed E-state index contributed by atoms with van der Waals surface area (Å²) in [5.74, 6) is 0. The summed E-state index contributed by atoms with van der Waals surface area (Å²) in [6, 6.07) is 5.61. The molecule has 1 saturated heterocycles. The third-order valence-electron chi connectivity index (χ3n) is 2.83. The van der Waals surface area contributed by atoms with Gasteiger partial charge < -0.3 is 10.1 Å². The van der Waals surface area contributed by atoms with E-state index >= 15 is 0 Å². The monoisotopic (exact) mass is 254 g/mol. The number of likely N-dealkylation sites (N-methyl/N-ethyl adjacent to an activating group) is 1. The summed E-state index contributed by atoms with van der Waals surface area (Å²) < 4.78 is 5.06. The van der Waals surface area contributed by atoms with Gasteiger partial charge in [0.15, 0.2) is 0 Å². The average Bonchev–Trinajstić information content (AvgIpc) is 2.65. The van der Waals surface area contributed by atoms with Gasteiger partial charge in [0, 0.05) is 17.3 Å². The molecule has 0 bridgehead atoms. The maximum atomic E-state index is 11.7. The fourth-order valence-corrected chi connectivity index (χ4v) is 2.07. The van der Waals surface area contributed by atoms with Crippen LogP contribution in [0.15, 0.2) is 18.2 Å². The van der Waals surface area contributed by atoms with E-state index < -0.39 is 0 Å². The highest BCUT2D eigenvalue weighted by Gasteiger charge is 2.33. The smallest absolute Gasteiger partial charge is 0.414 e. The van der Waals surface area contributed by atoms with E-state index in [2.05, 4.69) is 5.32 Å². The lowest BCUT2D eigenvalue weighted by atomic mass is 10.2. The number of nitrogens with one attached hydrogen (secondary N) is 1. The van der Waals surface area contributed by atoms with Gasteiger partial charge in [0.05, 0.1) is 6.04 Å². The summed E-state index contributed by atoms with van der Waals surface area (Å²) in [6.45, 7) is 3.03. The number of hydrogen-bond donors (Lipinski definition) is 1. The van der Waals surface area contributed by atoms with Crippen LogP contribution in [0.25, 0.3) is 0 Å². The Hall–Kier alpha value is -1.26. The second-order valence-electron chi connectivity index (χ2n) is 4.09. The molecule has 1 aliphatic rings.